The molecule has 0 bridgehead atoms. The second-order valence-corrected chi connectivity index (χ2v) is 5.31. The first-order valence-electron chi connectivity index (χ1n) is 6.31. The maximum Gasteiger partial charge on any atom is 0.0406 e. The summed E-state index contributed by atoms with van der Waals surface area (Å²) in [6, 6.07) is 17.5. The highest BCUT2D eigenvalue weighted by Gasteiger charge is 2.36. The Kier molecular flexibility index (Phi) is 4.51. The lowest BCUT2D eigenvalue weighted by atomic mass is 10.0. The Hall–Kier alpha value is -1.02. The van der Waals surface area contributed by atoms with Gasteiger partial charge in [0, 0.05) is 17.0 Å². The zero-order chi connectivity index (χ0) is 12.5. The van der Waals surface area contributed by atoms with Gasteiger partial charge in [-0.15, -0.1) is 12.4 Å². The smallest absolute Gasteiger partial charge is 0.0406 e. The molecule has 2 aromatic carbocycles. The van der Waals surface area contributed by atoms with E-state index in [0.717, 1.165) is 5.02 Å². The Morgan fingerprint density at radius 2 is 1.79 bits per heavy atom. The molecular weight excluding hydrogens is 277 g/mol. The van der Waals surface area contributed by atoms with Crippen LogP contribution in [0.5, 0.6) is 0 Å². The van der Waals surface area contributed by atoms with E-state index in [1.165, 1.54) is 23.1 Å². The molecule has 0 aromatic heterocycles. The maximum atomic E-state index is 5.92. The van der Waals surface area contributed by atoms with Crippen molar-refractivity contribution in [3.05, 3.63) is 59.1 Å². The minimum Gasteiger partial charge on any atom is -0.316 e. The topological polar surface area (TPSA) is 12.0 Å². The molecule has 2 aromatic rings. The number of hydrogen-bond donors (Lipinski definition) is 1. The van der Waals surface area contributed by atoms with Crippen molar-refractivity contribution >= 4 is 24.0 Å². The maximum absolute atomic E-state index is 5.92. The normalized spacial score (nSPS) is 20.7. The Morgan fingerprint density at radius 3 is 2.42 bits per heavy atom. The van der Waals surface area contributed by atoms with Gasteiger partial charge in [0.25, 0.3) is 0 Å². The SMILES string of the molecule is CN[C@@H]1C[C@H]1c1cccc(-c2ccc(Cl)cc2)c1.Cl. The van der Waals surface area contributed by atoms with Gasteiger partial charge in [-0.1, -0.05) is 48.0 Å². The predicted molar refractivity (Wildman–Crippen MR) is 84.3 cm³/mol. The fourth-order valence-corrected chi connectivity index (χ4v) is 2.60. The summed E-state index contributed by atoms with van der Waals surface area (Å²) in [6.07, 6.45) is 1.25. The number of nitrogens with one attached hydrogen (secondary N) is 1. The van der Waals surface area contributed by atoms with Crippen LogP contribution in [0, 0.1) is 0 Å². The van der Waals surface area contributed by atoms with Crippen LogP contribution in [0.25, 0.3) is 11.1 Å². The van der Waals surface area contributed by atoms with E-state index in [4.69, 9.17) is 11.6 Å². The van der Waals surface area contributed by atoms with E-state index in [9.17, 15) is 0 Å². The molecule has 1 saturated carbocycles. The molecule has 0 spiro atoms. The van der Waals surface area contributed by atoms with E-state index < -0.39 is 0 Å². The van der Waals surface area contributed by atoms with Crippen LogP contribution in [0.1, 0.15) is 17.9 Å². The molecule has 3 heteroatoms. The van der Waals surface area contributed by atoms with Gasteiger partial charge in [0.15, 0.2) is 0 Å². The van der Waals surface area contributed by atoms with E-state index in [0.29, 0.717) is 12.0 Å². The Bertz CT molecular complexity index is 551. The van der Waals surface area contributed by atoms with Crippen LogP contribution in [-0.4, -0.2) is 13.1 Å². The van der Waals surface area contributed by atoms with Gasteiger partial charge in [0.05, 0.1) is 0 Å². The quantitative estimate of drug-likeness (QED) is 0.878. The van der Waals surface area contributed by atoms with Gasteiger partial charge in [0.2, 0.25) is 0 Å². The largest absolute Gasteiger partial charge is 0.316 e. The number of rotatable bonds is 3. The average molecular weight is 294 g/mol. The van der Waals surface area contributed by atoms with Crippen molar-refractivity contribution in [1.29, 1.82) is 0 Å². The predicted octanol–water partition coefficient (Wildman–Crippen LogP) is 4.50. The monoisotopic (exact) mass is 293 g/mol. The average Bonchev–Trinajstić information content (AvgIpc) is 3.19. The van der Waals surface area contributed by atoms with Gasteiger partial charge in [0.1, 0.15) is 0 Å². The van der Waals surface area contributed by atoms with Crippen molar-refractivity contribution in [3.63, 3.8) is 0 Å². The van der Waals surface area contributed by atoms with Crippen LogP contribution in [-0.2, 0) is 0 Å². The molecule has 0 heterocycles. The molecular formula is C16H17Cl2N. The van der Waals surface area contributed by atoms with Crippen molar-refractivity contribution in [1.82, 2.24) is 5.32 Å². The summed E-state index contributed by atoms with van der Waals surface area (Å²) in [5.41, 5.74) is 3.93. The zero-order valence-corrected chi connectivity index (χ0v) is 12.3. The van der Waals surface area contributed by atoms with Gasteiger partial charge in [-0.25, -0.2) is 0 Å². The molecule has 3 rings (SSSR count). The summed E-state index contributed by atoms with van der Waals surface area (Å²) in [5.74, 6) is 0.683. The summed E-state index contributed by atoms with van der Waals surface area (Å²) in [5, 5.41) is 4.12. The fourth-order valence-electron chi connectivity index (χ4n) is 2.47. The lowest BCUT2D eigenvalue weighted by molar-refractivity contribution is 0.784. The molecule has 1 aliphatic rings. The zero-order valence-electron chi connectivity index (χ0n) is 10.8. The number of likely N-dealkylation sites (N-methyl/N-ethyl adjacent to an activating group) is 1. The third-order valence-corrected chi connectivity index (χ3v) is 3.91. The van der Waals surface area contributed by atoms with Gasteiger partial charge in [-0.2, -0.15) is 0 Å². The first-order chi connectivity index (χ1) is 8.78. The summed E-state index contributed by atoms with van der Waals surface area (Å²) in [6.45, 7) is 0. The highest BCUT2D eigenvalue weighted by atomic mass is 35.5. The minimum absolute atomic E-state index is 0. The van der Waals surface area contributed by atoms with Crippen molar-refractivity contribution < 1.29 is 0 Å². The molecule has 0 saturated heterocycles. The molecule has 2 atom stereocenters. The van der Waals surface area contributed by atoms with E-state index in [2.05, 4.69) is 41.7 Å². The van der Waals surface area contributed by atoms with E-state index in [-0.39, 0.29) is 12.4 Å². The standard InChI is InChI=1S/C16H16ClN.ClH/c1-18-16-10-15(16)13-4-2-3-12(9-13)11-5-7-14(17)8-6-11;/h2-9,15-16,18H,10H2,1H3;1H/t15-,16+;/m0./s1. The second kappa shape index (κ2) is 5.96. The Labute approximate surface area is 125 Å². The molecule has 0 radical (unpaired) electrons. The van der Waals surface area contributed by atoms with Crippen molar-refractivity contribution in [2.24, 2.45) is 0 Å². The van der Waals surface area contributed by atoms with Gasteiger partial charge < -0.3 is 5.32 Å². The number of hydrogen-bond acceptors (Lipinski definition) is 1. The van der Waals surface area contributed by atoms with Crippen LogP contribution in [0.3, 0.4) is 0 Å². The minimum atomic E-state index is 0. The number of halogens is 2. The van der Waals surface area contributed by atoms with Crippen LogP contribution in [0.15, 0.2) is 48.5 Å². The van der Waals surface area contributed by atoms with E-state index in [1.807, 2.05) is 19.2 Å². The molecule has 1 aliphatic carbocycles. The van der Waals surface area contributed by atoms with Gasteiger partial charge in [-0.05, 0) is 42.3 Å². The summed E-state index contributed by atoms with van der Waals surface area (Å²) in [4.78, 5) is 0. The van der Waals surface area contributed by atoms with Crippen LogP contribution in [0.4, 0.5) is 0 Å². The summed E-state index contributed by atoms with van der Waals surface area (Å²) >= 11 is 5.92. The molecule has 0 aliphatic heterocycles. The van der Waals surface area contributed by atoms with Crippen LogP contribution in [0.2, 0.25) is 5.02 Å². The van der Waals surface area contributed by atoms with Gasteiger partial charge in [-0.3, -0.25) is 0 Å². The molecule has 19 heavy (non-hydrogen) atoms. The Balaban J connectivity index is 0.00000133. The third kappa shape index (κ3) is 3.11. The summed E-state index contributed by atoms with van der Waals surface area (Å²) < 4.78 is 0. The van der Waals surface area contributed by atoms with Gasteiger partial charge >= 0.3 is 0 Å². The molecule has 1 fully saturated rings. The summed E-state index contributed by atoms with van der Waals surface area (Å²) in [7, 11) is 2.04. The first kappa shape index (κ1) is 14.4. The van der Waals surface area contributed by atoms with Crippen molar-refractivity contribution in [2.45, 2.75) is 18.4 Å². The molecule has 100 valence electrons. The first-order valence-corrected chi connectivity index (χ1v) is 6.69. The number of benzene rings is 2. The lowest BCUT2D eigenvalue weighted by Crippen LogP contribution is -2.10. The fraction of sp³-hybridized carbons (Fsp3) is 0.250. The molecule has 1 N–H and O–H groups in total. The lowest BCUT2D eigenvalue weighted by Gasteiger charge is -2.05. The van der Waals surface area contributed by atoms with Crippen LogP contribution < -0.4 is 5.32 Å². The van der Waals surface area contributed by atoms with Crippen molar-refractivity contribution in [2.75, 3.05) is 7.05 Å². The highest BCUT2D eigenvalue weighted by molar-refractivity contribution is 6.30. The Morgan fingerprint density at radius 1 is 1.05 bits per heavy atom. The second-order valence-electron chi connectivity index (χ2n) is 4.87. The van der Waals surface area contributed by atoms with Crippen LogP contribution >= 0.6 is 24.0 Å². The molecule has 1 nitrogen and oxygen atoms in total. The van der Waals surface area contributed by atoms with E-state index in [1.54, 1.807) is 0 Å². The molecule has 0 amide bonds. The van der Waals surface area contributed by atoms with Crippen molar-refractivity contribution in [3.8, 4) is 11.1 Å². The highest BCUT2D eigenvalue weighted by Crippen LogP contribution is 2.41. The molecule has 0 unspecified atom stereocenters. The third-order valence-electron chi connectivity index (χ3n) is 3.65. The van der Waals surface area contributed by atoms with E-state index >= 15 is 0 Å².